The van der Waals surface area contributed by atoms with Crippen LogP contribution in [0.1, 0.15) is 49.9 Å². The molecule has 3 nitrogen and oxygen atoms in total. The van der Waals surface area contributed by atoms with Crippen molar-refractivity contribution < 1.29 is 0 Å². The fourth-order valence-electron chi connectivity index (χ4n) is 9.53. The van der Waals surface area contributed by atoms with Gasteiger partial charge in [0, 0.05) is 44.0 Å². The summed E-state index contributed by atoms with van der Waals surface area (Å²) in [5.74, 6) is 0.721. The molecule has 2 aliphatic carbocycles. The van der Waals surface area contributed by atoms with Crippen LogP contribution in [0.15, 0.2) is 164 Å². The second kappa shape index (κ2) is 11.5. The summed E-state index contributed by atoms with van der Waals surface area (Å²) in [6.07, 6.45) is 0. The highest BCUT2D eigenvalue weighted by Crippen LogP contribution is 2.54. The molecule has 0 saturated heterocycles. The lowest BCUT2D eigenvalue weighted by molar-refractivity contribution is 0.660. The summed E-state index contributed by atoms with van der Waals surface area (Å²) in [4.78, 5) is 10.1. The largest absolute Gasteiger partial charge is 0.309 e. The molecule has 2 aliphatic rings. The lowest BCUT2D eigenvalue weighted by Crippen LogP contribution is -2.15. The van der Waals surface area contributed by atoms with Gasteiger partial charge in [-0.05, 0) is 87.0 Å². The third-order valence-electron chi connectivity index (χ3n) is 12.4. The lowest BCUT2D eigenvalue weighted by Gasteiger charge is -2.22. The molecule has 11 rings (SSSR count). The Morgan fingerprint density at radius 1 is 0.382 bits per heavy atom. The fourth-order valence-corrected chi connectivity index (χ4v) is 9.53. The highest BCUT2D eigenvalue weighted by molar-refractivity contribution is 6.13. The van der Waals surface area contributed by atoms with Gasteiger partial charge in [-0.1, -0.05) is 149 Å². The Labute approximate surface area is 321 Å². The molecular weight excluding hydrogens is 667 g/mol. The SMILES string of the molecule is CC1(C)c2ccccc2-c2cc3c4cc5c(cc4n(-c4ccc(-c6cc(-c7ccccc7)nc(-c7ccccc7)n6)cc4)c3cc21)C(C)(C)c1ccccc1-5. The first-order valence-corrected chi connectivity index (χ1v) is 19.2. The maximum absolute atomic E-state index is 5.12. The summed E-state index contributed by atoms with van der Waals surface area (Å²) in [5, 5.41) is 2.57. The van der Waals surface area contributed by atoms with Gasteiger partial charge in [-0.3, -0.25) is 0 Å². The molecule has 9 aromatic rings. The van der Waals surface area contributed by atoms with Crippen molar-refractivity contribution in [1.82, 2.24) is 14.5 Å². The minimum absolute atomic E-state index is 0.103. The second-order valence-electron chi connectivity index (χ2n) is 16.2. The van der Waals surface area contributed by atoms with Crippen LogP contribution in [-0.2, 0) is 10.8 Å². The number of fused-ring (bicyclic) bond motifs is 9. The van der Waals surface area contributed by atoms with E-state index in [9.17, 15) is 0 Å². The molecule has 0 N–H and O–H groups in total. The van der Waals surface area contributed by atoms with Gasteiger partial charge in [0.25, 0.3) is 0 Å². The highest BCUT2D eigenvalue weighted by Gasteiger charge is 2.38. The standard InChI is InChI=1S/C52H39N3/c1-51(2)42-21-13-11-19-36(42)38-27-40-41-28-39-37-20-12-14-22-43(37)52(3,4)45(39)30-49(41)55(48(40)29-44(38)51)35-25-23-33(24-26-35)47-31-46(32-15-7-5-8-16-32)53-50(54-47)34-17-9-6-10-18-34/h5-31H,1-4H3. The number of benzene rings is 7. The maximum Gasteiger partial charge on any atom is 0.160 e. The quantitative estimate of drug-likeness (QED) is 0.182. The van der Waals surface area contributed by atoms with E-state index in [0.29, 0.717) is 0 Å². The van der Waals surface area contributed by atoms with E-state index in [1.807, 2.05) is 24.3 Å². The van der Waals surface area contributed by atoms with Gasteiger partial charge in [0.05, 0.1) is 22.4 Å². The number of hydrogen-bond acceptors (Lipinski definition) is 2. The Balaban J connectivity index is 1.13. The summed E-state index contributed by atoms with van der Waals surface area (Å²) in [6.45, 7) is 9.48. The van der Waals surface area contributed by atoms with Crippen LogP contribution in [0.5, 0.6) is 0 Å². The number of nitrogens with zero attached hydrogens (tertiary/aromatic N) is 3. The molecule has 0 amide bonds. The Hall–Kier alpha value is -6.58. The molecule has 2 aromatic heterocycles. The molecule has 262 valence electrons. The van der Waals surface area contributed by atoms with E-state index in [0.717, 1.165) is 39.6 Å². The van der Waals surface area contributed by atoms with Crippen molar-refractivity contribution in [1.29, 1.82) is 0 Å². The van der Waals surface area contributed by atoms with Crippen molar-refractivity contribution in [2.45, 2.75) is 38.5 Å². The average Bonchev–Trinajstić information content (AvgIpc) is 3.76. The topological polar surface area (TPSA) is 30.7 Å². The van der Waals surface area contributed by atoms with Crippen LogP contribution >= 0.6 is 0 Å². The molecule has 0 spiro atoms. The van der Waals surface area contributed by atoms with Crippen molar-refractivity contribution in [2.24, 2.45) is 0 Å². The lowest BCUT2D eigenvalue weighted by atomic mass is 9.82. The van der Waals surface area contributed by atoms with Crippen molar-refractivity contribution in [3.8, 4) is 61.8 Å². The van der Waals surface area contributed by atoms with E-state index in [-0.39, 0.29) is 10.8 Å². The molecule has 0 fully saturated rings. The van der Waals surface area contributed by atoms with E-state index in [1.165, 1.54) is 66.3 Å². The average molecular weight is 706 g/mol. The molecule has 0 unspecified atom stereocenters. The third-order valence-corrected chi connectivity index (χ3v) is 12.4. The van der Waals surface area contributed by atoms with Crippen LogP contribution in [0.4, 0.5) is 0 Å². The molecule has 0 bridgehead atoms. The van der Waals surface area contributed by atoms with Crippen molar-refractivity contribution in [2.75, 3.05) is 0 Å². The predicted octanol–water partition coefficient (Wildman–Crippen LogP) is 13.2. The highest BCUT2D eigenvalue weighted by atomic mass is 15.0. The van der Waals surface area contributed by atoms with Crippen molar-refractivity contribution in [3.63, 3.8) is 0 Å². The van der Waals surface area contributed by atoms with Gasteiger partial charge in [-0.2, -0.15) is 0 Å². The molecule has 7 aromatic carbocycles. The molecule has 0 radical (unpaired) electrons. The number of aromatic nitrogens is 3. The van der Waals surface area contributed by atoms with Gasteiger partial charge in [-0.25, -0.2) is 9.97 Å². The molecular formula is C52H39N3. The first-order valence-electron chi connectivity index (χ1n) is 19.2. The first-order chi connectivity index (χ1) is 26.8. The van der Waals surface area contributed by atoms with Crippen LogP contribution in [0.25, 0.3) is 83.6 Å². The second-order valence-corrected chi connectivity index (χ2v) is 16.2. The van der Waals surface area contributed by atoms with Crippen LogP contribution < -0.4 is 0 Å². The van der Waals surface area contributed by atoms with Crippen LogP contribution in [-0.4, -0.2) is 14.5 Å². The fraction of sp³-hybridized carbons (Fsp3) is 0.115. The molecule has 0 atom stereocenters. The minimum Gasteiger partial charge on any atom is -0.309 e. The van der Waals surface area contributed by atoms with Crippen LogP contribution in [0.2, 0.25) is 0 Å². The molecule has 55 heavy (non-hydrogen) atoms. The molecule has 2 heterocycles. The minimum atomic E-state index is -0.103. The maximum atomic E-state index is 5.12. The van der Waals surface area contributed by atoms with Gasteiger partial charge in [-0.15, -0.1) is 0 Å². The molecule has 0 saturated carbocycles. The van der Waals surface area contributed by atoms with E-state index < -0.39 is 0 Å². The smallest absolute Gasteiger partial charge is 0.160 e. The monoisotopic (exact) mass is 705 g/mol. The Morgan fingerprint density at radius 2 is 0.818 bits per heavy atom. The van der Waals surface area contributed by atoms with Gasteiger partial charge in [0.1, 0.15) is 0 Å². The van der Waals surface area contributed by atoms with Crippen LogP contribution in [0, 0.1) is 0 Å². The zero-order valence-electron chi connectivity index (χ0n) is 31.4. The van der Waals surface area contributed by atoms with Gasteiger partial charge >= 0.3 is 0 Å². The summed E-state index contributed by atoms with van der Waals surface area (Å²) in [5.41, 5.74) is 19.2. The van der Waals surface area contributed by atoms with Gasteiger partial charge in [0.2, 0.25) is 0 Å². The van der Waals surface area contributed by atoms with Crippen molar-refractivity contribution >= 4 is 21.8 Å². The van der Waals surface area contributed by atoms with E-state index in [4.69, 9.17) is 9.97 Å². The Kier molecular flexibility index (Phi) is 6.65. The summed E-state index contributed by atoms with van der Waals surface area (Å²) in [7, 11) is 0. The van der Waals surface area contributed by atoms with Crippen molar-refractivity contribution in [3.05, 3.63) is 186 Å². The summed E-state index contributed by atoms with van der Waals surface area (Å²) < 4.78 is 2.50. The van der Waals surface area contributed by atoms with Gasteiger partial charge < -0.3 is 4.57 Å². The third kappa shape index (κ3) is 4.63. The first kappa shape index (κ1) is 31.9. The zero-order chi connectivity index (χ0) is 37.1. The van der Waals surface area contributed by atoms with E-state index in [2.05, 4.69) is 172 Å². The van der Waals surface area contributed by atoms with E-state index >= 15 is 0 Å². The molecule has 0 aliphatic heterocycles. The van der Waals surface area contributed by atoms with E-state index in [1.54, 1.807) is 0 Å². The summed E-state index contributed by atoms with van der Waals surface area (Å²) >= 11 is 0. The number of rotatable bonds is 4. The predicted molar refractivity (Wildman–Crippen MR) is 228 cm³/mol. The Morgan fingerprint density at radius 3 is 1.33 bits per heavy atom. The number of hydrogen-bond donors (Lipinski definition) is 0. The zero-order valence-corrected chi connectivity index (χ0v) is 31.4. The summed E-state index contributed by atoms with van der Waals surface area (Å²) in [6, 6.07) is 59.5. The van der Waals surface area contributed by atoms with Gasteiger partial charge in [0.15, 0.2) is 5.82 Å². The Bertz CT molecular complexity index is 2830. The normalized spacial score (nSPS) is 14.5. The molecule has 3 heteroatoms. The van der Waals surface area contributed by atoms with Crippen LogP contribution in [0.3, 0.4) is 0 Å².